The lowest BCUT2D eigenvalue weighted by molar-refractivity contribution is -0.121. The van der Waals surface area contributed by atoms with E-state index in [1.807, 2.05) is 54.6 Å². The maximum atomic E-state index is 12.2. The summed E-state index contributed by atoms with van der Waals surface area (Å²) in [7, 11) is 0. The Morgan fingerprint density at radius 3 is 2.51 bits per heavy atom. The molecule has 4 rings (SSSR count). The monoisotopic (exact) mass is 504 g/mol. The molecular formula is C28H29ClN4OS. The summed E-state index contributed by atoms with van der Waals surface area (Å²) in [6.07, 6.45) is 2.86. The van der Waals surface area contributed by atoms with Crippen molar-refractivity contribution >= 4 is 29.3 Å². The highest BCUT2D eigenvalue weighted by Crippen LogP contribution is 2.27. The number of nitrogens with zero attached hydrogens (tertiary/aromatic N) is 3. The second kappa shape index (κ2) is 12.6. The van der Waals surface area contributed by atoms with Gasteiger partial charge in [0, 0.05) is 30.2 Å². The molecule has 0 fully saturated rings. The molecular weight excluding hydrogens is 476 g/mol. The summed E-state index contributed by atoms with van der Waals surface area (Å²) in [5.41, 5.74) is 4.54. The topological polar surface area (TPSA) is 59.8 Å². The molecule has 0 aliphatic heterocycles. The van der Waals surface area contributed by atoms with Gasteiger partial charge in [-0.1, -0.05) is 89.6 Å². The number of carbonyl (C=O) groups is 1. The Labute approximate surface area is 215 Å². The Kier molecular flexibility index (Phi) is 8.98. The second-order valence-electron chi connectivity index (χ2n) is 8.46. The third-order valence-corrected chi connectivity index (χ3v) is 6.88. The van der Waals surface area contributed by atoms with Crippen molar-refractivity contribution in [1.29, 1.82) is 0 Å². The van der Waals surface area contributed by atoms with Gasteiger partial charge in [-0.3, -0.25) is 9.36 Å². The molecule has 0 aliphatic carbocycles. The summed E-state index contributed by atoms with van der Waals surface area (Å²) >= 11 is 7.94. The number of aromatic nitrogens is 3. The molecule has 35 heavy (non-hydrogen) atoms. The highest BCUT2D eigenvalue weighted by atomic mass is 35.5. The summed E-state index contributed by atoms with van der Waals surface area (Å²) in [4.78, 5) is 12.2. The van der Waals surface area contributed by atoms with Gasteiger partial charge in [0.15, 0.2) is 5.16 Å². The SMILES string of the molecule is Cc1ccc(CSc2nnc(CCCCC(=O)NCc3ccccc3)n2-c2cccc(Cl)c2)cc1. The predicted molar refractivity (Wildman–Crippen MR) is 143 cm³/mol. The fourth-order valence-corrected chi connectivity index (χ4v) is 4.83. The molecule has 1 N–H and O–H groups in total. The average Bonchev–Trinajstić information content (AvgIpc) is 3.28. The maximum absolute atomic E-state index is 12.2. The van der Waals surface area contributed by atoms with Gasteiger partial charge in [-0.2, -0.15) is 0 Å². The lowest BCUT2D eigenvalue weighted by Crippen LogP contribution is -2.22. The van der Waals surface area contributed by atoms with E-state index >= 15 is 0 Å². The molecule has 7 heteroatoms. The minimum absolute atomic E-state index is 0.0690. The van der Waals surface area contributed by atoms with Crippen molar-refractivity contribution in [3.8, 4) is 5.69 Å². The lowest BCUT2D eigenvalue weighted by atomic mass is 10.1. The molecule has 0 atom stereocenters. The number of unbranched alkanes of at least 4 members (excludes halogenated alkanes) is 1. The number of thioether (sulfide) groups is 1. The summed E-state index contributed by atoms with van der Waals surface area (Å²) in [6.45, 7) is 2.65. The largest absolute Gasteiger partial charge is 0.352 e. The van der Waals surface area contributed by atoms with E-state index < -0.39 is 0 Å². The van der Waals surface area contributed by atoms with Gasteiger partial charge in [0.2, 0.25) is 5.91 Å². The Hall–Kier alpha value is -3.09. The number of aryl methyl sites for hydroxylation is 2. The number of halogens is 1. The van der Waals surface area contributed by atoms with Crippen LogP contribution in [0.5, 0.6) is 0 Å². The van der Waals surface area contributed by atoms with Crippen molar-refractivity contribution in [1.82, 2.24) is 20.1 Å². The molecule has 3 aromatic carbocycles. The van der Waals surface area contributed by atoms with Crippen molar-refractivity contribution in [2.24, 2.45) is 0 Å². The molecule has 0 saturated heterocycles. The maximum Gasteiger partial charge on any atom is 0.220 e. The van der Waals surface area contributed by atoms with Crippen LogP contribution in [0.25, 0.3) is 5.69 Å². The predicted octanol–water partition coefficient (Wildman–Crippen LogP) is 6.55. The quantitative estimate of drug-likeness (QED) is 0.186. The van der Waals surface area contributed by atoms with Gasteiger partial charge in [0.25, 0.3) is 0 Å². The van der Waals surface area contributed by atoms with E-state index in [-0.39, 0.29) is 5.91 Å². The van der Waals surface area contributed by atoms with Crippen LogP contribution in [0.3, 0.4) is 0 Å². The van der Waals surface area contributed by atoms with Crippen LogP contribution in [0.4, 0.5) is 0 Å². The van der Waals surface area contributed by atoms with Crippen LogP contribution in [-0.2, 0) is 23.5 Å². The molecule has 0 radical (unpaired) electrons. The van der Waals surface area contributed by atoms with Crippen LogP contribution in [0.15, 0.2) is 84.0 Å². The summed E-state index contributed by atoms with van der Waals surface area (Å²) in [5, 5.41) is 13.5. The number of hydrogen-bond donors (Lipinski definition) is 1. The van der Waals surface area contributed by atoms with Crippen LogP contribution < -0.4 is 5.32 Å². The van der Waals surface area contributed by atoms with Crippen molar-refractivity contribution in [2.45, 2.75) is 50.1 Å². The first-order valence-corrected chi connectivity index (χ1v) is 13.1. The molecule has 0 saturated carbocycles. The van der Waals surface area contributed by atoms with Gasteiger partial charge in [-0.25, -0.2) is 0 Å². The molecule has 0 bridgehead atoms. The summed E-state index contributed by atoms with van der Waals surface area (Å²) < 4.78 is 2.08. The highest BCUT2D eigenvalue weighted by molar-refractivity contribution is 7.98. The third kappa shape index (κ3) is 7.44. The summed E-state index contributed by atoms with van der Waals surface area (Å²) in [5.74, 6) is 1.75. The molecule has 0 unspecified atom stereocenters. The van der Waals surface area contributed by atoms with Crippen molar-refractivity contribution < 1.29 is 4.79 Å². The molecule has 4 aromatic rings. The zero-order chi connectivity index (χ0) is 24.5. The highest BCUT2D eigenvalue weighted by Gasteiger charge is 2.15. The zero-order valence-corrected chi connectivity index (χ0v) is 21.4. The van der Waals surface area contributed by atoms with Gasteiger partial charge < -0.3 is 5.32 Å². The van der Waals surface area contributed by atoms with E-state index in [2.05, 4.69) is 51.3 Å². The Balaban J connectivity index is 1.36. The lowest BCUT2D eigenvalue weighted by Gasteiger charge is -2.11. The van der Waals surface area contributed by atoms with Gasteiger partial charge >= 0.3 is 0 Å². The van der Waals surface area contributed by atoms with Gasteiger partial charge in [0.1, 0.15) is 5.82 Å². The van der Waals surface area contributed by atoms with Gasteiger partial charge in [0.05, 0.1) is 5.69 Å². The Morgan fingerprint density at radius 2 is 1.74 bits per heavy atom. The minimum atomic E-state index is 0.0690. The molecule has 1 amide bonds. The molecule has 0 aliphatic rings. The van der Waals surface area contributed by atoms with Crippen molar-refractivity contribution in [3.63, 3.8) is 0 Å². The fraction of sp³-hybridized carbons (Fsp3) is 0.250. The summed E-state index contributed by atoms with van der Waals surface area (Å²) in [6, 6.07) is 26.2. The van der Waals surface area contributed by atoms with E-state index in [1.165, 1.54) is 11.1 Å². The normalized spacial score (nSPS) is 10.9. The Bertz CT molecular complexity index is 1240. The number of nitrogens with one attached hydrogen (secondary N) is 1. The number of benzene rings is 3. The van der Waals surface area contributed by atoms with Gasteiger partial charge in [-0.15, -0.1) is 10.2 Å². The number of rotatable bonds is 11. The van der Waals surface area contributed by atoms with E-state index in [0.717, 1.165) is 47.2 Å². The average molecular weight is 505 g/mol. The van der Waals surface area contributed by atoms with Gasteiger partial charge in [-0.05, 0) is 49.1 Å². The first-order chi connectivity index (χ1) is 17.1. The van der Waals surface area contributed by atoms with Crippen molar-refractivity contribution in [3.05, 3.63) is 106 Å². The van der Waals surface area contributed by atoms with Crippen LogP contribution in [0.1, 0.15) is 41.8 Å². The zero-order valence-electron chi connectivity index (χ0n) is 19.8. The number of hydrogen-bond acceptors (Lipinski definition) is 4. The fourth-order valence-electron chi connectivity index (χ4n) is 3.72. The van der Waals surface area contributed by atoms with Crippen molar-refractivity contribution in [2.75, 3.05) is 0 Å². The first-order valence-electron chi connectivity index (χ1n) is 11.8. The number of carbonyl (C=O) groups excluding carboxylic acids is 1. The second-order valence-corrected chi connectivity index (χ2v) is 9.84. The van der Waals surface area contributed by atoms with Crippen LogP contribution in [-0.4, -0.2) is 20.7 Å². The van der Waals surface area contributed by atoms with Crippen LogP contribution in [0.2, 0.25) is 5.02 Å². The molecule has 1 aromatic heterocycles. The first kappa shape index (κ1) is 25.0. The van der Waals surface area contributed by atoms with E-state index in [9.17, 15) is 4.79 Å². The molecule has 180 valence electrons. The van der Waals surface area contributed by atoms with Crippen LogP contribution in [0, 0.1) is 6.92 Å². The standard InChI is InChI=1S/C28H29ClN4OS/c1-21-14-16-23(17-15-21)20-35-28-32-31-26(33(28)25-11-7-10-24(29)18-25)12-5-6-13-27(34)30-19-22-8-3-2-4-9-22/h2-4,7-11,14-18H,5-6,12-13,19-20H2,1H3,(H,30,34). The Morgan fingerprint density at radius 1 is 0.943 bits per heavy atom. The molecule has 5 nitrogen and oxygen atoms in total. The van der Waals surface area contributed by atoms with E-state index in [0.29, 0.717) is 18.0 Å². The third-order valence-electron chi connectivity index (χ3n) is 5.64. The molecule has 0 spiro atoms. The van der Waals surface area contributed by atoms with E-state index in [4.69, 9.17) is 11.6 Å². The minimum Gasteiger partial charge on any atom is -0.352 e. The number of amides is 1. The van der Waals surface area contributed by atoms with Crippen LogP contribution >= 0.6 is 23.4 Å². The smallest absolute Gasteiger partial charge is 0.220 e. The van der Waals surface area contributed by atoms with E-state index in [1.54, 1.807) is 11.8 Å². The molecule has 1 heterocycles.